The summed E-state index contributed by atoms with van der Waals surface area (Å²) in [5.74, 6) is -2.75. The van der Waals surface area contributed by atoms with Crippen LogP contribution in [-0.2, 0) is 11.2 Å². The standard InChI is InChI=1S/C14H15ClF2O/c15-12-3-1-2-10(8-12)9-13(18)11-4-6-14(16,17)7-5-11/h1-3,8,11H,4-7,9H2. The summed E-state index contributed by atoms with van der Waals surface area (Å²) in [6, 6.07) is 7.12. The number of rotatable bonds is 3. The number of alkyl halides is 2. The molecule has 0 N–H and O–H groups in total. The van der Waals surface area contributed by atoms with E-state index in [0.717, 1.165) is 5.56 Å². The van der Waals surface area contributed by atoms with Gasteiger partial charge in [-0.05, 0) is 30.5 Å². The van der Waals surface area contributed by atoms with Crippen LogP contribution in [0.2, 0.25) is 5.02 Å². The predicted molar refractivity (Wildman–Crippen MR) is 67.1 cm³/mol. The molecule has 0 amide bonds. The lowest BCUT2D eigenvalue weighted by atomic mass is 9.82. The molecule has 1 fully saturated rings. The smallest absolute Gasteiger partial charge is 0.248 e. The van der Waals surface area contributed by atoms with Crippen LogP contribution in [0.15, 0.2) is 24.3 Å². The van der Waals surface area contributed by atoms with Gasteiger partial charge in [0.05, 0.1) is 0 Å². The van der Waals surface area contributed by atoms with Crippen LogP contribution in [0.5, 0.6) is 0 Å². The molecule has 0 saturated heterocycles. The van der Waals surface area contributed by atoms with Crippen molar-refractivity contribution in [3.05, 3.63) is 34.9 Å². The maximum atomic E-state index is 13.0. The van der Waals surface area contributed by atoms with Crippen molar-refractivity contribution in [1.29, 1.82) is 0 Å². The normalized spacial score (nSPS) is 19.7. The minimum Gasteiger partial charge on any atom is -0.299 e. The molecule has 1 aromatic carbocycles. The van der Waals surface area contributed by atoms with Crippen molar-refractivity contribution in [3.63, 3.8) is 0 Å². The first-order valence-corrected chi connectivity index (χ1v) is 6.49. The second kappa shape index (κ2) is 5.35. The Morgan fingerprint density at radius 1 is 1.33 bits per heavy atom. The molecule has 1 nitrogen and oxygen atoms in total. The van der Waals surface area contributed by atoms with Crippen molar-refractivity contribution < 1.29 is 13.6 Å². The Balaban J connectivity index is 1.93. The summed E-state index contributed by atoms with van der Waals surface area (Å²) in [4.78, 5) is 12.0. The maximum Gasteiger partial charge on any atom is 0.248 e. The number of carbonyl (C=O) groups is 1. The summed E-state index contributed by atoms with van der Waals surface area (Å²) in [5.41, 5.74) is 0.852. The van der Waals surface area contributed by atoms with Gasteiger partial charge in [-0.1, -0.05) is 23.7 Å². The molecule has 1 aliphatic rings. The van der Waals surface area contributed by atoms with E-state index in [1.165, 1.54) is 0 Å². The summed E-state index contributed by atoms with van der Waals surface area (Å²) >= 11 is 5.84. The Bertz CT molecular complexity index is 435. The topological polar surface area (TPSA) is 17.1 Å². The molecule has 0 aliphatic heterocycles. The molecule has 0 radical (unpaired) electrons. The molecule has 2 rings (SSSR count). The predicted octanol–water partition coefficient (Wildman–Crippen LogP) is 4.28. The summed E-state index contributed by atoms with van der Waals surface area (Å²) < 4.78 is 26.0. The zero-order valence-electron chi connectivity index (χ0n) is 9.96. The Labute approximate surface area is 110 Å². The highest BCUT2D eigenvalue weighted by molar-refractivity contribution is 6.30. The van der Waals surface area contributed by atoms with Crippen LogP contribution in [0.3, 0.4) is 0 Å². The van der Waals surface area contributed by atoms with Crippen LogP contribution in [-0.4, -0.2) is 11.7 Å². The van der Waals surface area contributed by atoms with Crippen molar-refractivity contribution in [3.8, 4) is 0 Å². The third-order valence-electron chi connectivity index (χ3n) is 3.44. The lowest BCUT2D eigenvalue weighted by molar-refractivity contribution is -0.126. The molecule has 0 bridgehead atoms. The third-order valence-corrected chi connectivity index (χ3v) is 3.67. The molecule has 18 heavy (non-hydrogen) atoms. The first kappa shape index (κ1) is 13.5. The first-order chi connectivity index (χ1) is 8.46. The van der Waals surface area contributed by atoms with Gasteiger partial charge >= 0.3 is 0 Å². The fraction of sp³-hybridized carbons (Fsp3) is 0.500. The highest BCUT2D eigenvalue weighted by atomic mass is 35.5. The number of ketones is 1. The molecule has 0 atom stereocenters. The molecule has 0 aromatic heterocycles. The van der Waals surface area contributed by atoms with E-state index in [2.05, 4.69) is 0 Å². The monoisotopic (exact) mass is 272 g/mol. The van der Waals surface area contributed by atoms with E-state index >= 15 is 0 Å². The van der Waals surface area contributed by atoms with Crippen molar-refractivity contribution in [2.24, 2.45) is 5.92 Å². The zero-order chi connectivity index (χ0) is 13.2. The summed E-state index contributed by atoms with van der Waals surface area (Å²) in [6.45, 7) is 0. The molecule has 1 aromatic rings. The number of hydrogen-bond donors (Lipinski definition) is 0. The SMILES string of the molecule is O=C(Cc1cccc(Cl)c1)C1CCC(F)(F)CC1. The summed E-state index contributed by atoms with van der Waals surface area (Å²) in [7, 11) is 0. The highest BCUT2D eigenvalue weighted by Crippen LogP contribution is 2.36. The second-order valence-corrected chi connectivity index (χ2v) is 5.34. The molecule has 0 spiro atoms. The van der Waals surface area contributed by atoms with E-state index in [-0.39, 0.29) is 31.0 Å². The second-order valence-electron chi connectivity index (χ2n) is 4.90. The number of carbonyl (C=O) groups excluding carboxylic acids is 1. The van der Waals surface area contributed by atoms with Crippen LogP contribution in [0.1, 0.15) is 31.2 Å². The molecular formula is C14H15ClF2O. The minimum absolute atomic E-state index is 0.0489. The highest BCUT2D eigenvalue weighted by Gasteiger charge is 2.37. The molecule has 4 heteroatoms. The van der Waals surface area contributed by atoms with Crippen LogP contribution in [0.25, 0.3) is 0 Å². The van der Waals surface area contributed by atoms with Gasteiger partial charge in [-0.25, -0.2) is 8.78 Å². The summed E-state index contributed by atoms with van der Waals surface area (Å²) in [5, 5.41) is 0.593. The van der Waals surface area contributed by atoms with Crippen LogP contribution in [0.4, 0.5) is 8.78 Å². The Kier molecular flexibility index (Phi) is 4.00. The van der Waals surface area contributed by atoms with Crippen molar-refractivity contribution in [2.45, 2.75) is 38.0 Å². The van der Waals surface area contributed by atoms with Gasteiger partial charge in [0.15, 0.2) is 0 Å². The van der Waals surface area contributed by atoms with E-state index in [0.29, 0.717) is 17.9 Å². The molecule has 1 saturated carbocycles. The molecule has 0 unspecified atom stereocenters. The quantitative estimate of drug-likeness (QED) is 0.803. The van der Waals surface area contributed by atoms with E-state index in [1.807, 2.05) is 6.07 Å². The first-order valence-electron chi connectivity index (χ1n) is 6.11. The van der Waals surface area contributed by atoms with Crippen LogP contribution < -0.4 is 0 Å². The van der Waals surface area contributed by atoms with Gasteiger partial charge in [-0.2, -0.15) is 0 Å². The Morgan fingerprint density at radius 2 is 2.00 bits per heavy atom. The van der Waals surface area contributed by atoms with Gasteiger partial charge in [0, 0.05) is 30.2 Å². The van der Waals surface area contributed by atoms with E-state index < -0.39 is 5.92 Å². The number of benzene rings is 1. The maximum absolute atomic E-state index is 13.0. The Morgan fingerprint density at radius 3 is 2.61 bits per heavy atom. The summed E-state index contributed by atoms with van der Waals surface area (Å²) in [6.07, 6.45) is 0.549. The largest absolute Gasteiger partial charge is 0.299 e. The molecule has 0 heterocycles. The van der Waals surface area contributed by atoms with Crippen molar-refractivity contribution in [2.75, 3.05) is 0 Å². The van der Waals surface area contributed by atoms with Gasteiger partial charge in [-0.15, -0.1) is 0 Å². The molecular weight excluding hydrogens is 258 g/mol. The average molecular weight is 273 g/mol. The number of Topliss-reactive ketones (excluding diaryl/α,β-unsaturated/α-hetero) is 1. The molecule has 1 aliphatic carbocycles. The van der Waals surface area contributed by atoms with Gasteiger partial charge in [0.1, 0.15) is 5.78 Å². The lowest BCUT2D eigenvalue weighted by Crippen LogP contribution is -2.29. The fourth-order valence-electron chi connectivity index (χ4n) is 2.35. The van der Waals surface area contributed by atoms with E-state index in [1.54, 1.807) is 18.2 Å². The lowest BCUT2D eigenvalue weighted by Gasteiger charge is -2.27. The molecule has 98 valence electrons. The number of halogens is 3. The van der Waals surface area contributed by atoms with Crippen LogP contribution >= 0.6 is 11.6 Å². The minimum atomic E-state index is -2.58. The zero-order valence-corrected chi connectivity index (χ0v) is 10.7. The average Bonchev–Trinajstić information content (AvgIpc) is 2.28. The number of hydrogen-bond acceptors (Lipinski definition) is 1. The van der Waals surface area contributed by atoms with Crippen molar-refractivity contribution >= 4 is 17.4 Å². The van der Waals surface area contributed by atoms with Crippen molar-refractivity contribution in [1.82, 2.24) is 0 Å². The van der Waals surface area contributed by atoms with Crippen LogP contribution in [0, 0.1) is 5.92 Å². The fourth-order valence-corrected chi connectivity index (χ4v) is 2.57. The third kappa shape index (κ3) is 3.52. The van der Waals surface area contributed by atoms with Gasteiger partial charge in [0.25, 0.3) is 0 Å². The van der Waals surface area contributed by atoms with E-state index in [4.69, 9.17) is 11.6 Å². The van der Waals surface area contributed by atoms with E-state index in [9.17, 15) is 13.6 Å². The Hall–Kier alpha value is -0.960. The van der Waals surface area contributed by atoms with Gasteiger partial charge in [0.2, 0.25) is 5.92 Å². The van der Waals surface area contributed by atoms with Gasteiger partial charge in [-0.3, -0.25) is 4.79 Å². The van der Waals surface area contributed by atoms with Gasteiger partial charge < -0.3 is 0 Å².